The van der Waals surface area contributed by atoms with Gasteiger partial charge >= 0.3 is 5.97 Å². The number of nitrogens with one attached hydrogen (secondary N) is 1. The smallest absolute Gasteiger partial charge is 0.335 e. The molecule has 0 aliphatic carbocycles. The largest absolute Gasteiger partial charge is 0.478 e. The first kappa shape index (κ1) is 12.2. The molecule has 0 amide bonds. The van der Waals surface area contributed by atoms with E-state index in [0.29, 0.717) is 5.75 Å². The minimum Gasteiger partial charge on any atom is -0.478 e. The lowest BCUT2D eigenvalue weighted by atomic mass is 10.2. The first-order valence-corrected chi connectivity index (χ1v) is 5.27. The quantitative estimate of drug-likeness (QED) is 0.238. The Morgan fingerprint density at radius 2 is 2.06 bits per heavy atom. The van der Waals surface area contributed by atoms with E-state index in [1.807, 2.05) is 0 Å². The Morgan fingerprint density at radius 1 is 1.44 bits per heavy atom. The van der Waals surface area contributed by atoms with Crippen LogP contribution in [0.1, 0.15) is 10.4 Å². The van der Waals surface area contributed by atoms with Crippen molar-refractivity contribution in [2.75, 3.05) is 5.75 Å². The number of thioether (sulfide) groups is 1. The Bertz CT molecular complexity index is 416. The molecule has 4 N–H and O–H groups in total. The molecule has 0 aliphatic rings. The summed E-state index contributed by atoms with van der Waals surface area (Å²) in [6, 6.07) is 6.43. The summed E-state index contributed by atoms with van der Waals surface area (Å²) in [5.74, 6) is -0.289. The normalized spacial score (nSPS) is 11.1. The molecule has 0 heterocycles. The number of carboxylic acids is 1. The van der Waals surface area contributed by atoms with Gasteiger partial charge in [0.2, 0.25) is 0 Å². The van der Waals surface area contributed by atoms with E-state index in [2.05, 4.69) is 10.3 Å². The second-order valence-corrected chi connectivity index (χ2v) is 3.86. The Morgan fingerprint density at radius 3 is 2.56 bits per heavy atom. The van der Waals surface area contributed by atoms with E-state index in [9.17, 15) is 4.79 Å². The maximum atomic E-state index is 10.6. The van der Waals surface area contributed by atoms with Crippen LogP contribution in [-0.4, -0.2) is 22.7 Å². The van der Waals surface area contributed by atoms with Gasteiger partial charge in [0, 0.05) is 4.90 Å². The van der Waals surface area contributed by atoms with Gasteiger partial charge in [-0.15, -0.1) is 16.9 Å². The monoisotopic (exact) mass is 238 g/mol. The van der Waals surface area contributed by atoms with E-state index < -0.39 is 5.97 Å². The van der Waals surface area contributed by atoms with Crippen molar-refractivity contribution in [1.82, 2.24) is 0 Å². The Hall–Kier alpha value is -1.89. The number of carbonyl (C=O) groups is 1. The lowest BCUT2D eigenvalue weighted by Gasteiger charge is -2.00. The molecule has 1 aromatic rings. The summed E-state index contributed by atoms with van der Waals surface area (Å²) in [7, 11) is 0. The van der Waals surface area contributed by atoms with Crippen LogP contribution in [0.25, 0.3) is 0 Å². The highest BCUT2D eigenvalue weighted by Gasteiger charge is 2.02. The van der Waals surface area contributed by atoms with Gasteiger partial charge in [0.05, 0.1) is 11.3 Å². The first-order chi connectivity index (χ1) is 7.63. The number of aromatic carboxylic acids is 1. The molecule has 0 unspecified atom stereocenters. The van der Waals surface area contributed by atoms with Crippen molar-refractivity contribution in [3.63, 3.8) is 0 Å². The van der Waals surface area contributed by atoms with Gasteiger partial charge in [-0.2, -0.15) is 5.53 Å². The van der Waals surface area contributed by atoms with E-state index in [4.69, 9.17) is 16.4 Å². The topological polar surface area (TPSA) is 112 Å². The number of benzene rings is 1. The molecule has 0 saturated carbocycles. The van der Waals surface area contributed by atoms with Crippen LogP contribution in [0.4, 0.5) is 0 Å². The van der Waals surface area contributed by atoms with Crippen LogP contribution in [0.2, 0.25) is 0 Å². The average molecular weight is 238 g/mol. The molecular formula is C9H10N4O2S. The van der Waals surface area contributed by atoms with Gasteiger partial charge < -0.3 is 10.8 Å². The summed E-state index contributed by atoms with van der Waals surface area (Å²) in [5.41, 5.74) is 12.1. The fraction of sp³-hybridized carbons (Fsp3) is 0.111. The van der Waals surface area contributed by atoms with Crippen LogP contribution < -0.4 is 5.73 Å². The minimum absolute atomic E-state index is 0.243. The highest BCUT2D eigenvalue weighted by atomic mass is 32.2. The third-order valence-corrected chi connectivity index (χ3v) is 2.71. The summed E-state index contributed by atoms with van der Waals surface area (Å²) in [5, 5.41) is 14.8. The van der Waals surface area contributed by atoms with Crippen molar-refractivity contribution < 1.29 is 9.90 Å². The zero-order chi connectivity index (χ0) is 12.0. The zero-order valence-corrected chi connectivity index (χ0v) is 9.07. The predicted molar refractivity (Wildman–Crippen MR) is 60.9 cm³/mol. The number of hydrogen-bond donors (Lipinski definition) is 3. The molecule has 0 aromatic heterocycles. The summed E-state index contributed by atoms with van der Waals surface area (Å²) in [6.45, 7) is 0. The van der Waals surface area contributed by atoms with Gasteiger partial charge in [0.25, 0.3) is 0 Å². The van der Waals surface area contributed by atoms with Gasteiger partial charge in [-0.1, -0.05) is 5.22 Å². The lowest BCUT2D eigenvalue weighted by molar-refractivity contribution is 0.0697. The molecule has 6 nitrogen and oxygen atoms in total. The number of nitrogens with two attached hydrogens (primary N) is 1. The van der Waals surface area contributed by atoms with E-state index >= 15 is 0 Å². The number of amidine groups is 1. The van der Waals surface area contributed by atoms with Crippen molar-refractivity contribution in [2.24, 2.45) is 16.1 Å². The number of hydrogen-bond acceptors (Lipinski definition) is 4. The predicted octanol–water partition coefficient (Wildman–Crippen LogP) is 1.78. The van der Waals surface area contributed by atoms with Gasteiger partial charge in [-0.05, 0) is 24.3 Å². The van der Waals surface area contributed by atoms with Crippen LogP contribution in [0, 0.1) is 5.53 Å². The first-order valence-electron chi connectivity index (χ1n) is 4.28. The van der Waals surface area contributed by atoms with Crippen molar-refractivity contribution in [3.05, 3.63) is 29.8 Å². The summed E-state index contributed by atoms with van der Waals surface area (Å²) >= 11 is 1.40. The minimum atomic E-state index is -0.953. The number of rotatable bonds is 5. The zero-order valence-electron chi connectivity index (χ0n) is 8.25. The summed E-state index contributed by atoms with van der Waals surface area (Å²) < 4.78 is 0. The van der Waals surface area contributed by atoms with Crippen LogP contribution in [0.5, 0.6) is 0 Å². The fourth-order valence-electron chi connectivity index (χ4n) is 0.944. The molecule has 0 spiro atoms. The highest BCUT2D eigenvalue weighted by molar-refractivity contribution is 8.00. The van der Waals surface area contributed by atoms with Crippen molar-refractivity contribution in [1.29, 1.82) is 5.53 Å². The van der Waals surface area contributed by atoms with Crippen molar-refractivity contribution >= 4 is 23.6 Å². The maximum Gasteiger partial charge on any atom is 0.335 e. The van der Waals surface area contributed by atoms with E-state index in [1.54, 1.807) is 12.1 Å². The Labute approximate surface area is 96.0 Å². The van der Waals surface area contributed by atoms with E-state index in [-0.39, 0.29) is 11.4 Å². The van der Waals surface area contributed by atoms with Crippen LogP contribution in [0.3, 0.4) is 0 Å². The third kappa shape index (κ3) is 3.70. The molecule has 1 rings (SSSR count). The molecule has 1 aromatic carbocycles. The highest BCUT2D eigenvalue weighted by Crippen LogP contribution is 2.18. The fourth-order valence-corrected chi connectivity index (χ4v) is 1.64. The second kappa shape index (κ2) is 5.86. The molecule has 0 atom stereocenters. The van der Waals surface area contributed by atoms with Gasteiger partial charge in [-0.25, -0.2) is 4.79 Å². The number of carboxylic acid groups (broad SMARTS) is 1. The maximum absolute atomic E-state index is 10.6. The lowest BCUT2D eigenvalue weighted by Crippen LogP contribution is -2.13. The molecule has 0 aliphatic heterocycles. The van der Waals surface area contributed by atoms with Crippen LogP contribution in [0.15, 0.2) is 39.5 Å². The van der Waals surface area contributed by atoms with E-state index in [1.165, 1.54) is 23.9 Å². The second-order valence-electron chi connectivity index (χ2n) is 2.81. The summed E-state index contributed by atoms with van der Waals surface area (Å²) in [6.07, 6.45) is 0. The molecule has 7 heteroatoms. The van der Waals surface area contributed by atoms with Crippen molar-refractivity contribution in [2.45, 2.75) is 4.90 Å². The van der Waals surface area contributed by atoms with Gasteiger partial charge in [-0.3, -0.25) is 0 Å². The molecule has 0 saturated heterocycles. The molecule has 0 radical (unpaired) electrons. The molecule has 84 valence electrons. The average Bonchev–Trinajstić information content (AvgIpc) is 2.27. The summed E-state index contributed by atoms with van der Waals surface area (Å²) in [4.78, 5) is 11.5. The third-order valence-electron chi connectivity index (χ3n) is 1.67. The molecule has 0 bridgehead atoms. The SMILES string of the molecule is N=NN=C(N)CSc1ccc(C(=O)O)cc1. The van der Waals surface area contributed by atoms with Crippen LogP contribution in [-0.2, 0) is 0 Å². The molecule has 16 heavy (non-hydrogen) atoms. The molecule has 0 fully saturated rings. The Kier molecular flexibility index (Phi) is 4.46. The van der Waals surface area contributed by atoms with E-state index in [0.717, 1.165) is 4.90 Å². The van der Waals surface area contributed by atoms with Crippen LogP contribution >= 0.6 is 11.8 Å². The molecular weight excluding hydrogens is 228 g/mol. The number of nitrogens with zero attached hydrogens (tertiary/aromatic N) is 2. The van der Waals surface area contributed by atoms with Crippen molar-refractivity contribution in [3.8, 4) is 0 Å². The van der Waals surface area contributed by atoms with Gasteiger partial charge in [0.15, 0.2) is 0 Å². The standard InChI is InChI=1S/C9H10N4O2S/c10-8(12-13-11)5-16-7-3-1-6(2-4-7)9(14)15/h1-4H,5H2,(H,14,15)(H3,10,11,12). The van der Waals surface area contributed by atoms with Gasteiger partial charge in [0.1, 0.15) is 5.84 Å². The Balaban J connectivity index is 2.59.